The summed E-state index contributed by atoms with van der Waals surface area (Å²) in [6.45, 7) is 0. The molecule has 0 bridgehead atoms. The maximum Gasteiger partial charge on any atom is 0.411 e. The first-order valence-electron chi connectivity index (χ1n) is 4.18. The Hall–Kier alpha value is -2.37. The molecule has 2 aromatic rings. The minimum absolute atomic E-state index is 0.172. The summed E-state index contributed by atoms with van der Waals surface area (Å²) < 4.78 is 4.59. The standard InChI is InChI=1S/C9H8N4O2/c10-9(14)15-8-2-1-6(3-12-8)7-4-11-5-13-7/h1-5H,(H2,10,14)(H,11,13). The van der Waals surface area contributed by atoms with Crippen molar-refractivity contribution in [2.75, 3.05) is 0 Å². The molecule has 0 aliphatic carbocycles. The molecule has 0 unspecified atom stereocenters. The number of nitrogens with one attached hydrogen (secondary N) is 1. The molecule has 0 saturated heterocycles. The lowest BCUT2D eigenvalue weighted by atomic mass is 10.2. The normalized spacial score (nSPS) is 9.87. The van der Waals surface area contributed by atoms with E-state index in [2.05, 4.69) is 19.7 Å². The fraction of sp³-hybridized carbons (Fsp3) is 0. The Kier molecular flexibility index (Phi) is 2.32. The number of primary amides is 1. The number of aromatic amines is 1. The number of ether oxygens (including phenoxy) is 1. The Labute approximate surface area is 85.1 Å². The van der Waals surface area contributed by atoms with Crippen molar-refractivity contribution in [2.45, 2.75) is 0 Å². The largest absolute Gasteiger partial charge is 0.411 e. The van der Waals surface area contributed by atoms with Crippen LogP contribution in [-0.2, 0) is 0 Å². The van der Waals surface area contributed by atoms with Crippen molar-refractivity contribution >= 4 is 6.09 Å². The van der Waals surface area contributed by atoms with Gasteiger partial charge in [0.2, 0.25) is 5.88 Å². The Morgan fingerprint density at radius 3 is 2.80 bits per heavy atom. The lowest BCUT2D eigenvalue weighted by Crippen LogP contribution is -2.16. The molecule has 2 aromatic heterocycles. The second-order valence-corrected chi connectivity index (χ2v) is 2.77. The topological polar surface area (TPSA) is 93.9 Å². The van der Waals surface area contributed by atoms with Crippen LogP contribution in [0.5, 0.6) is 5.88 Å². The zero-order valence-electron chi connectivity index (χ0n) is 7.68. The van der Waals surface area contributed by atoms with Crippen LogP contribution in [0.25, 0.3) is 11.3 Å². The van der Waals surface area contributed by atoms with Crippen LogP contribution < -0.4 is 10.5 Å². The van der Waals surface area contributed by atoms with Gasteiger partial charge in [-0.2, -0.15) is 0 Å². The Bertz CT molecular complexity index is 449. The number of H-pyrrole nitrogens is 1. The molecular weight excluding hydrogens is 196 g/mol. The van der Waals surface area contributed by atoms with Gasteiger partial charge in [-0.1, -0.05) is 0 Å². The third-order valence-electron chi connectivity index (χ3n) is 1.75. The number of hydrogen-bond donors (Lipinski definition) is 2. The Morgan fingerprint density at radius 1 is 1.40 bits per heavy atom. The summed E-state index contributed by atoms with van der Waals surface area (Å²) >= 11 is 0. The zero-order valence-corrected chi connectivity index (χ0v) is 7.68. The highest BCUT2D eigenvalue weighted by Gasteiger charge is 2.02. The van der Waals surface area contributed by atoms with Crippen LogP contribution >= 0.6 is 0 Å². The average Bonchev–Trinajstić information content (AvgIpc) is 2.71. The lowest BCUT2D eigenvalue weighted by molar-refractivity contribution is 0.209. The van der Waals surface area contributed by atoms with Crippen molar-refractivity contribution in [3.8, 4) is 17.1 Å². The summed E-state index contributed by atoms with van der Waals surface area (Å²) in [5.41, 5.74) is 6.53. The number of carbonyl (C=O) groups is 1. The van der Waals surface area contributed by atoms with Crippen molar-refractivity contribution in [3.63, 3.8) is 0 Å². The maximum absolute atomic E-state index is 10.4. The van der Waals surface area contributed by atoms with E-state index in [0.29, 0.717) is 0 Å². The van der Waals surface area contributed by atoms with E-state index in [9.17, 15) is 4.79 Å². The van der Waals surface area contributed by atoms with Gasteiger partial charge < -0.3 is 15.5 Å². The number of rotatable bonds is 2. The highest BCUT2D eigenvalue weighted by atomic mass is 16.6. The monoisotopic (exact) mass is 204 g/mol. The minimum Gasteiger partial charge on any atom is -0.391 e. The molecule has 76 valence electrons. The third-order valence-corrected chi connectivity index (χ3v) is 1.75. The maximum atomic E-state index is 10.4. The fourth-order valence-corrected chi connectivity index (χ4v) is 1.12. The number of aromatic nitrogens is 3. The van der Waals surface area contributed by atoms with Gasteiger partial charge in [0, 0.05) is 17.8 Å². The number of nitrogens with zero attached hydrogens (tertiary/aromatic N) is 2. The summed E-state index contributed by atoms with van der Waals surface area (Å²) in [7, 11) is 0. The van der Waals surface area contributed by atoms with E-state index in [-0.39, 0.29) is 5.88 Å². The van der Waals surface area contributed by atoms with Crippen LogP contribution in [0.2, 0.25) is 0 Å². The Balaban J connectivity index is 2.21. The number of amides is 1. The second-order valence-electron chi connectivity index (χ2n) is 2.77. The van der Waals surface area contributed by atoms with E-state index in [1.165, 1.54) is 0 Å². The van der Waals surface area contributed by atoms with Crippen molar-refractivity contribution in [1.29, 1.82) is 0 Å². The highest BCUT2D eigenvalue weighted by Crippen LogP contribution is 2.16. The minimum atomic E-state index is -0.878. The van der Waals surface area contributed by atoms with Crippen LogP contribution in [0.1, 0.15) is 0 Å². The molecule has 0 aromatic carbocycles. The second kappa shape index (κ2) is 3.79. The SMILES string of the molecule is NC(=O)Oc1ccc(-c2cnc[nH]2)cn1. The molecule has 1 amide bonds. The number of imidazole rings is 1. The molecular formula is C9H8N4O2. The molecule has 2 heterocycles. The van der Waals surface area contributed by atoms with Gasteiger partial charge in [-0.05, 0) is 6.07 Å². The molecule has 2 rings (SSSR count). The van der Waals surface area contributed by atoms with Gasteiger partial charge in [-0.15, -0.1) is 0 Å². The van der Waals surface area contributed by atoms with Crippen LogP contribution in [0.3, 0.4) is 0 Å². The molecule has 0 aliphatic rings. The number of pyridine rings is 1. The molecule has 0 atom stereocenters. The molecule has 0 aliphatic heterocycles. The summed E-state index contributed by atoms with van der Waals surface area (Å²) in [5.74, 6) is 0.172. The van der Waals surface area contributed by atoms with E-state index in [0.717, 1.165) is 11.3 Å². The van der Waals surface area contributed by atoms with Gasteiger partial charge in [0.15, 0.2) is 0 Å². The molecule has 3 N–H and O–H groups in total. The van der Waals surface area contributed by atoms with Crippen molar-refractivity contribution < 1.29 is 9.53 Å². The number of carbonyl (C=O) groups excluding carboxylic acids is 1. The smallest absolute Gasteiger partial charge is 0.391 e. The first-order valence-corrected chi connectivity index (χ1v) is 4.18. The third kappa shape index (κ3) is 2.11. The van der Waals surface area contributed by atoms with Gasteiger partial charge >= 0.3 is 6.09 Å². The lowest BCUT2D eigenvalue weighted by Gasteiger charge is -2.00. The summed E-state index contributed by atoms with van der Waals surface area (Å²) in [6, 6.07) is 3.31. The highest BCUT2D eigenvalue weighted by molar-refractivity contribution is 5.67. The summed E-state index contributed by atoms with van der Waals surface area (Å²) in [5, 5.41) is 0. The molecule has 15 heavy (non-hydrogen) atoms. The van der Waals surface area contributed by atoms with Gasteiger partial charge in [0.25, 0.3) is 0 Å². The van der Waals surface area contributed by atoms with Gasteiger partial charge in [0.05, 0.1) is 18.2 Å². The molecule has 6 heteroatoms. The van der Waals surface area contributed by atoms with Gasteiger partial charge in [-0.3, -0.25) is 0 Å². The van der Waals surface area contributed by atoms with Crippen molar-refractivity contribution in [2.24, 2.45) is 5.73 Å². The molecule has 0 fully saturated rings. The van der Waals surface area contributed by atoms with Crippen LogP contribution in [0.4, 0.5) is 4.79 Å². The van der Waals surface area contributed by atoms with Crippen molar-refractivity contribution in [3.05, 3.63) is 30.9 Å². The van der Waals surface area contributed by atoms with Gasteiger partial charge in [0.1, 0.15) is 0 Å². The summed E-state index contributed by atoms with van der Waals surface area (Å²) in [6.07, 6.45) is 3.93. The van der Waals surface area contributed by atoms with E-state index >= 15 is 0 Å². The van der Waals surface area contributed by atoms with Crippen molar-refractivity contribution in [1.82, 2.24) is 15.0 Å². The van der Waals surface area contributed by atoms with E-state index in [1.54, 1.807) is 30.9 Å². The van der Waals surface area contributed by atoms with Crippen LogP contribution in [0.15, 0.2) is 30.9 Å². The Morgan fingerprint density at radius 2 is 2.27 bits per heavy atom. The quantitative estimate of drug-likeness (QED) is 0.760. The number of nitrogens with two attached hydrogens (primary N) is 1. The molecule has 0 radical (unpaired) electrons. The molecule has 0 saturated carbocycles. The van der Waals surface area contributed by atoms with Crippen LogP contribution in [0, 0.1) is 0 Å². The zero-order chi connectivity index (χ0) is 10.7. The predicted octanol–water partition coefficient (Wildman–Crippen LogP) is 0.929. The average molecular weight is 204 g/mol. The van der Waals surface area contributed by atoms with Gasteiger partial charge in [-0.25, -0.2) is 14.8 Å². The first kappa shape index (κ1) is 9.20. The van der Waals surface area contributed by atoms with E-state index in [1.807, 2.05) is 0 Å². The molecule has 0 spiro atoms. The van der Waals surface area contributed by atoms with E-state index in [4.69, 9.17) is 5.73 Å². The first-order chi connectivity index (χ1) is 7.25. The number of hydrogen-bond acceptors (Lipinski definition) is 4. The predicted molar refractivity (Wildman–Crippen MR) is 52.0 cm³/mol. The van der Waals surface area contributed by atoms with Crippen LogP contribution in [-0.4, -0.2) is 21.0 Å². The molecule has 6 nitrogen and oxygen atoms in total. The van der Waals surface area contributed by atoms with E-state index < -0.39 is 6.09 Å². The fourth-order valence-electron chi connectivity index (χ4n) is 1.12. The summed E-state index contributed by atoms with van der Waals surface area (Å²) in [4.78, 5) is 21.1.